The number of hydrogen-bond donors (Lipinski definition) is 2. The summed E-state index contributed by atoms with van der Waals surface area (Å²) >= 11 is 5.58. The quantitative estimate of drug-likeness (QED) is 0.875. The molecule has 1 aromatic carbocycles. The van der Waals surface area contributed by atoms with Crippen LogP contribution in [-0.2, 0) is 4.79 Å². The molecule has 2 atom stereocenters. The Bertz CT molecular complexity index is 395. The fourth-order valence-corrected chi connectivity index (χ4v) is 1.54. The van der Waals surface area contributed by atoms with E-state index in [1.165, 1.54) is 0 Å². The number of rotatable bonds is 5. The Kier molecular flexibility index (Phi) is 7.67. The summed E-state index contributed by atoms with van der Waals surface area (Å²) < 4.78 is 0. The molecular weight excluding hydrogens is 271 g/mol. The van der Waals surface area contributed by atoms with Gasteiger partial charge in [-0.2, -0.15) is 0 Å². The third-order valence-corrected chi connectivity index (χ3v) is 2.72. The van der Waals surface area contributed by atoms with Crippen LogP contribution in [0, 0.1) is 5.92 Å². The third kappa shape index (κ3) is 5.08. The van der Waals surface area contributed by atoms with Gasteiger partial charge in [0.1, 0.15) is 0 Å². The van der Waals surface area contributed by atoms with E-state index in [2.05, 4.69) is 11.9 Å². The molecule has 0 saturated carbocycles. The Balaban J connectivity index is 0.00000289. The first-order chi connectivity index (χ1) is 8.02. The number of halogens is 2. The summed E-state index contributed by atoms with van der Waals surface area (Å²) in [4.78, 5) is 11.8. The van der Waals surface area contributed by atoms with Gasteiger partial charge in [-0.25, -0.2) is 0 Å². The molecule has 0 aliphatic carbocycles. The van der Waals surface area contributed by atoms with E-state index in [0.29, 0.717) is 5.03 Å². The minimum Gasteiger partial charge on any atom is -0.351 e. The van der Waals surface area contributed by atoms with Crippen LogP contribution in [0.1, 0.15) is 18.5 Å². The van der Waals surface area contributed by atoms with Gasteiger partial charge >= 0.3 is 0 Å². The molecule has 0 saturated heterocycles. The van der Waals surface area contributed by atoms with Crippen molar-refractivity contribution in [2.75, 3.05) is 6.54 Å². The van der Waals surface area contributed by atoms with E-state index >= 15 is 0 Å². The van der Waals surface area contributed by atoms with Crippen molar-refractivity contribution in [1.82, 2.24) is 5.32 Å². The molecule has 3 nitrogen and oxygen atoms in total. The van der Waals surface area contributed by atoms with Gasteiger partial charge in [0, 0.05) is 11.1 Å². The van der Waals surface area contributed by atoms with Crippen molar-refractivity contribution in [1.29, 1.82) is 0 Å². The van der Waals surface area contributed by atoms with Crippen LogP contribution in [0.5, 0.6) is 0 Å². The number of nitrogens with one attached hydrogen (secondary N) is 1. The second-order valence-corrected chi connectivity index (χ2v) is 4.49. The van der Waals surface area contributed by atoms with Gasteiger partial charge in [-0.05, 0) is 5.56 Å². The SMILES string of the molecule is C=C(Cl)CNC(=O)C(C)C(N)c1ccccc1.Cl. The summed E-state index contributed by atoms with van der Waals surface area (Å²) in [7, 11) is 0. The zero-order valence-corrected chi connectivity index (χ0v) is 11.8. The highest BCUT2D eigenvalue weighted by molar-refractivity contribution is 6.29. The second kappa shape index (κ2) is 8.14. The minimum atomic E-state index is -0.320. The summed E-state index contributed by atoms with van der Waals surface area (Å²) in [6.45, 7) is 5.57. The normalized spacial score (nSPS) is 13.1. The molecule has 2 unspecified atom stereocenters. The van der Waals surface area contributed by atoms with Crippen LogP contribution in [-0.4, -0.2) is 12.5 Å². The molecule has 0 aromatic heterocycles. The van der Waals surface area contributed by atoms with Gasteiger partial charge in [-0.1, -0.05) is 55.4 Å². The zero-order chi connectivity index (χ0) is 12.8. The van der Waals surface area contributed by atoms with Crippen molar-refractivity contribution >= 4 is 29.9 Å². The maximum absolute atomic E-state index is 11.8. The fourth-order valence-electron chi connectivity index (χ4n) is 1.47. The predicted octanol–water partition coefficient (Wildman–Crippen LogP) is 2.61. The van der Waals surface area contributed by atoms with E-state index < -0.39 is 0 Å². The Morgan fingerprint density at radius 1 is 1.44 bits per heavy atom. The average molecular weight is 289 g/mol. The number of hydrogen-bond acceptors (Lipinski definition) is 2. The Hall–Kier alpha value is -1.03. The molecule has 100 valence electrons. The Morgan fingerprint density at radius 3 is 2.50 bits per heavy atom. The van der Waals surface area contributed by atoms with Crippen LogP contribution in [0.15, 0.2) is 41.9 Å². The molecule has 0 fully saturated rings. The number of carbonyl (C=O) groups is 1. The lowest BCUT2D eigenvalue weighted by Gasteiger charge is -2.19. The highest BCUT2D eigenvalue weighted by Crippen LogP contribution is 2.18. The van der Waals surface area contributed by atoms with Gasteiger partial charge < -0.3 is 11.1 Å². The summed E-state index contributed by atoms with van der Waals surface area (Å²) in [5.41, 5.74) is 6.97. The number of amides is 1. The molecule has 5 heteroatoms. The van der Waals surface area contributed by atoms with E-state index in [9.17, 15) is 4.79 Å². The predicted molar refractivity (Wildman–Crippen MR) is 77.8 cm³/mol. The first kappa shape index (κ1) is 17.0. The van der Waals surface area contributed by atoms with Gasteiger partial charge in [-0.3, -0.25) is 4.79 Å². The maximum atomic E-state index is 11.8. The molecule has 1 aromatic rings. The van der Waals surface area contributed by atoms with Crippen molar-refractivity contribution in [2.45, 2.75) is 13.0 Å². The first-order valence-electron chi connectivity index (χ1n) is 5.44. The lowest BCUT2D eigenvalue weighted by molar-refractivity contribution is -0.124. The summed E-state index contributed by atoms with van der Waals surface area (Å²) in [5, 5.41) is 3.08. The standard InChI is InChI=1S/C13H17ClN2O.ClH/c1-9(14)8-16-13(17)10(2)12(15)11-6-4-3-5-7-11;/h3-7,10,12H,1,8,15H2,2H3,(H,16,17);1H. The van der Waals surface area contributed by atoms with Crippen molar-refractivity contribution in [2.24, 2.45) is 11.7 Å². The second-order valence-electron chi connectivity index (χ2n) is 3.96. The van der Waals surface area contributed by atoms with Gasteiger partial charge in [0.25, 0.3) is 0 Å². The summed E-state index contributed by atoms with van der Waals surface area (Å²) in [5.74, 6) is -0.434. The van der Waals surface area contributed by atoms with E-state index in [-0.39, 0.29) is 36.8 Å². The smallest absolute Gasteiger partial charge is 0.225 e. The molecule has 18 heavy (non-hydrogen) atoms. The lowest BCUT2D eigenvalue weighted by Crippen LogP contribution is -2.36. The number of carbonyl (C=O) groups excluding carboxylic acids is 1. The van der Waals surface area contributed by atoms with Crippen LogP contribution in [0.25, 0.3) is 0 Å². The molecule has 0 bridgehead atoms. The fraction of sp³-hybridized carbons (Fsp3) is 0.308. The maximum Gasteiger partial charge on any atom is 0.225 e. The topological polar surface area (TPSA) is 55.1 Å². The van der Waals surface area contributed by atoms with Gasteiger partial charge in [0.05, 0.1) is 12.5 Å². The molecule has 0 aliphatic heterocycles. The molecule has 1 amide bonds. The lowest BCUT2D eigenvalue weighted by atomic mass is 9.95. The summed E-state index contributed by atoms with van der Waals surface area (Å²) in [6, 6.07) is 9.23. The van der Waals surface area contributed by atoms with Gasteiger partial charge in [-0.15, -0.1) is 12.4 Å². The van der Waals surface area contributed by atoms with Crippen LogP contribution < -0.4 is 11.1 Å². The van der Waals surface area contributed by atoms with E-state index in [0.717, 1.165) is 5.56 Å². The average Bonchev–Trinajstić information content (AvgIpc) is 2.35. The van der Waals surface area contributed by atoms with Crippen LogP contribution in [0.3, 0.4) is 0 Å². The molecular formula is C13H18Cl2N2O. The third-order valence-electron chi connectivity index (χ3n) is 2.59. The summed E-state index contributed by atoms with van der Waals surface area (Å²) in [6.07, 6.45) is 0. The number of nitrogens with two attached hydrogens (primary N) is 1. The van der Waals surface area contributed by atoms with E-state index in [1.807, 2.05) is 30.3 Å². The van der Waals surface area contributed by atoms with Crippen molar-refractivity contribution in [3.8, 4) is 0 Å². The van der Waals surface area contributed by atoms with Crippen LogP contribution in [0.2, 0.25) is 0 Å². The molecule has 0 radical (unpaired) electrons. The Morgan fingerprint density at radius 2 is 2.00 bits per heavy atom. The van der Waals surface area contributed by atoms with Gasteiger partial charge in [0.2, 0.25) is 5.91 Å². The van der Waals surface area contributed by atoms with Crippen molar-refractivity contribution < 1.29 is 4.79 Å². The highest BCUT2D eigenvalue weighted by Gasteiger charge is 2.21. The van der Waals surface area contributed by atoms with Crippen molar-refractivity contribution in [3.63, 3.8) is 0 Å². The minimum absolute atomic E-state index is 0. The Labute approximate surface area is 119 Å². The first-order valence-corrected chi connectivity index (χ1v) is 5.81. The molecule has 0 aliphatic rings. The van der Waals surface area contributed by atoms with E-state index in [4.69, 9.17) is 17.3 Å². The molecule has 3 N–H and O–H groups in total. The number of benzene rings is 1. The van der Waals surface area contributed by atoms with Crippen molar-refractivity contribution in [3.05, 3.63) is 47.5 Å². The van der Waals surface area contributed by atoms with Crippen LogP contribution >= 0.6 is 24.0 Å². The van der Waals surface area contributed by atoms with Crippen LogP contribution in [0.4, 0.5) is 0 Å². The monoisotopic (exact) mass is 288 g/mol. The van der Waals surface area contributed by atoms with E-state index in [1.54, 1.807) is 6.92 Å². The van der Waals surface area contributed by atoms with Gasteiger partial charge in [0.15, 0.2) is 0 Å². The molecule has 0 spiro atoms. The largest absolute Gasteiger partial charge is 0.351 e. The molecule has 1 rings (SSSR count). The highest BCUT2D eigenvalue weighted by atomic mass is 35.5. The zero-order valence-electron chi connectivity index (χ0n) is 10.2. The molecule has 0 heterocycles.